The van der Waals surface area contributed by atoms with E-state index in [0.717, 1.165) is 6.07 Å². The second-order valence-electron chi connectivity index (χ2n) is 2.79. The molecule has 0 aliphatic carbocycles. The van der Waals surface area contributed by atoms with Crippen LogP contribution in [0.4, 0.5) is 13.2 Å². The minimum Gasteiger partial charge on any atom is -0.406 e. The maximum Gasteiger partial charge on any atom is 0.573 e. The van der Waals surface area contributed by atoms with Crippen LogP contribution < -0.4 is 4.74 Å². The van der Waals surface area contributed by atoms with E-state index in [1.165, 1.54) is 12.1 Å². The first-order valence-electron chi connectivity index (χ1n) is 4.20. The fourth-order valence-corrected chi connectivity index (χ4v) is 1.33. The molecule has 0 heterocycles. The largest absolute Gasteiger partial charge is 0.573 e. The van der Waals surface area contributed by atoms with Gasteiger partial charge in [0.2, 0.25) is 0 Å². The second-order valence-corrected chi connectivity index (χ2v) is 3.50. The highest BCUT2D eigenvalue weighted by atomic mass is 35.5. The SMILES string of the molecule is FC(F)(F)Oc1ccc(C=CCCl)c(Cl)c1. The van der Waals surface area contributed by atoms with Crippen molar-refractivity contribution in [2.75, 3.05) is 5.88 Å². The summed E-state index contributed by atoms with van der Waals surface area (Å²) in [6.45, 7) is 0. The highest BCUT2D eigenvalue weighted by molar-refractivity contribution is 6.32. The third kappa shape index (κ3) is 4.33. The lowest BCUT2D eigenvalue weighted by molar-refractivity contribution is -0.274. The summed E-state index contributed by atoms with van der Waals surface area (Å²) in [6.07, 6.45) is -1.46. The van der Waals surface area contributed by atoms with E-state index in [9.17, 15) is 13.2 Å². The molecule has 0 radical (unpaired) electrons. The van der Waals surface area contributed by atoms with Crippen molar-refractivity contribution in [2.24, 2.45) is 0 Å². The average molecular weight is 271 g/mol. The molecule has 0 amide bonds. The van der Waals surface area contributed by atoms with Gasteiger partial charge in [0.25, 0.3) is 0 Å². The molecule has 1 aromatic carbocycles. The van der Waals surface area contributed by atoms with Crippen LogP contribution in [0.25, 0.3) is 6.08 Å². The molecule has 0 atom stereocenters. The van der Waals surface area contributed by atoms with Gasteiger partial charge in [-0.25, -0.2) is 0 Å². The summed E-state index contributed by atoms with van der Waals surface area (Å²) in [5.41, 5.74) is 0.580. The number of rotatable bonds is 3. The van der Waals surface area contributed by atoms with E-state index in [1.54, 1.807) is 12.2 Å². The molecule has 1 rings (SSSR count). The van der Waals surface area contributed by atoms with Crippen LogP contribution in [0.3, 0.4) is 0 Å². The van der Waals surface area contributed by atoms with Crippen LogP contribution in [0, 0.1) is 0 Å². The van der Waals surface area contributed by atoms with Gasteiger partial charge >= 0.3 is 6.36 Å². The molecule has 16 heavy (non-hydrogen) atoms. The summed E-state index contributed by atoms with van der Waals surface area (Å²) in [4.78, 5) is 0. The highest BCUT2D eigenvalue weighted by Crippen LogP contribution is 2.28. The van der Waals surface area contributed by atoms with Crippen molar-refractivity contribution in [3.63, 3.8) is 0 Å². The fraction of sp³-hybridized carbons (Fsp3) is 0.200. The summed E-state index contributed by atoms with van der Waals surface area (Å²) in [5.74, 6) is -0.0440. The first-order valence-corrected chi connectivity index (χ1v) is 5.11. The molecule has 0 N–H and O–H groups in total. The van der Waals surface area contributed by atoms with E-state index in [1.807, 2.05) is 0 Å². The van der Waals surface area contributed by atoms with Gasteiger partial charge in [-0.15, -0.1) is 24.8 Å². The third-order valence-electron chi connectivity index (χ3n) is 1.59. The standard InChI is InChI=1S/C10H7Cl2F3O/c11-5-1-2-7-3-4-8(6-9(7)12)16-10(13,14)15/h1-4,6H,5H2. The van der Waals surface area contributed by atoms with Crippen LogP contribution in [0.2, 0.25) is 5.02 Å². The van der Waals surface area contributed by atoms with Crippen LogP contribution in [0.5, 0.6) is 5.75 Å². The van der Waals surface area contributed by atoms with Crippen molar-refractivity contribution in [3.05, 3.63) is 34.9 Å². The maximum atomic E-state index is 11.9. The first kappa shape index (κ1) is 13.2. The van der Waals surface area contributed by atoms with Crippen molar-refractivity contribution < 1.29 is 17.9 Å². The summed E-state index contributed by atoms with van der Waals surface area (Å²) in [5, 5.41) is 0.170. The van der Waals surface area contributed by atoms with Crippen molar-refractivity contribution >= 4 is 29.3 Å². The molecular weight excluding hydrogens is 264 g/mol. The van der Waals surface area contributed by atoms with E-state index < -0.39 is 6.36 Å². The van der Waals surface area contributed by atoms with Gasteiger partial charge in [0.1, 0.15) is 5.75 Å². The Labute approximate surface area is 100 Å². The molecule has 0 aliphatic heterocycles. The highest BCUT2D eigenvalue weighted by Gasteiger charge is 2.31. The lowest BCUT2D eigenvalue weighted by atomic mass is 10.2. The van der Waals surface area contributed by atoms with Crippen LogP contribution in [0.15, 0.2) is 24.3 Å². The Balaban J connectivity index is 2.87. The summed E-state index contributed by atoms with van der Waals surface area (Å²) in [7, 11) is 0. The van der Waals surface area contributed by atoms with Crippen LogP contribution in [-0.4, -0.2) is 12.2 Å². The van der Waals surface area contributed by atoms with E-state index in [0.29, 0.717) is 11.4 Å². The van der Waals surface area contributed by atoms with Crippen LogP contribution in [-0.2, 0) is 0 Å². The summed E-state index contributed by atoms with van der Waals surface area (Å²) < 4.78 is 39.3. The van der Waals surface area contributed by atoms with Gasteiger partial charge < -0.3 is 4.74 Å². The number of benzene rings is 1. The lowest BCUT2D eigenvalue weighted by Crippen LogP contribution is -2.17. The molecule has 0 saturated heterocycles. The molecule has 0 aromatic heterocycles. The minimum atomic E-state index is -4.71. The Morgan fingerprint density at radius 1 is 1.31 bits per heavy atom. The van der Waals surface area contributed by atoms with Gasteiger partial charge in [0.05, 0.1) is 5.02 Å². The fourth-order valence-electron chi connectivity index (χ4n) is 1.01. The summed E-state index contributed by atoms with van der Waals surface area (Å²) in [6, 6.07) is 3.71. The van der Waals surface area contributed by atoms with Gasteiger partial charge in [-0.3, -0.25) is 0 Å². The first-order chi connectivity index (χ1) is 7.42. The van der Waals surface area contributed by atoms with Gasteiger partial charge in [-0.1, -0.05) is 23.8 Å². The van der Waals surface area contributed by atoms with Crippen molar-refractivity contribution in [1.29, 1.82) is 0 Å². The Kier molecular flexibility index (Phi) is 4.50. The quantitative estimate of drug-likeness (QED) is 0.736. The zero-order valence-electron chi connectivity index (χ0n) is 7.89. The lowest BCUT2D eigenvalue weighted by Gasteiger charge is -2.09. The molecule has 0 bridgehead atoms. The molecular formula is C10H7Cl2F3O. The van der Waals surface area contributed by atoms with Gasteiger partial charge in [0.15, 0.2) is 0 Å². The smallest absolute Gasteiger partial charge is 0.406 e. The molecule has 0 unspecified atom stereocenters. The number of ether oxygens (including phenoxy) is 1. The Morgan fingerprint density at radius 3 is 2.50 bits per heavy atom. The average Bonchev–Trinajstić information content (AvgIpc) is 2.14. The third-order valence-corrected chi connectivity index (χ3v) is 2.10. The predicted molar refractivity (Wildman–Crippen MR) is 57.9 cm³/mol. The molecule has 1 aromatic rings. The Hall–Kier alpha value is -0.870. The van der Waals surface area contributed by atoms with E-state index in [4.69, 9.17) is 23.2 Å². The molecule has 1 nitrogen and oxygen atoms in total. The minimum absolute atomic E-state index is 0.170. The number of hydrogen-bond donors (Lipinski definition) is 0. The van der Waals surface area contributed by atoms with Crippen molar-refractivity contribution in [1.82, 2.24) is 0 Å². The molecule has 0 aliphatic rings. The van der Waals surface area contributed by atoms with E-state index in [-0.39, 0.29) is 10.8 Å². The summed E-state index contributed by atoms with van der Waals surface area (Å²) >= 11 is 11.2. The van der Waals surface area contributed by atoms with E-state index >= 15 is 0 Å². The predicted octanol–water partition coefficient (Wildman–Crippen LogP) is 4.49. The Morgan fingerprint density at radius 2 is 2.00 bits per heavy atom. The molecule has 0 spiro atoms. The van der Waals surface area contributed by atoms with Gasteiger partial charge in [-0.05, 0) is 23.8 Å². The number of hydrogen-bond acceptors (Lipinski definition) is 1. The van der Waals surface area contributed by atoms with Crippen LogP contribution >= 0.6 is 23.2 Å². The molecule has 0 fully saturated rings. The topological polar surface area (TPSA) is 9.23 Å². The van der Waals surface area contributed by atoms with Gasteiger partial charge in [0, 0.05) is 5.88 Å². The Bertz CT molecular complexity index is 388. The normalized spacial score (nSPS) is 12.1. The number of allylic oxidation sites excluding steroid dienone is 1. The second kappa shape index (κ2) is 5.46. The molecule has 6 heteroatoms. The van der Waals surface area contributed by atoms with Crippen LogP contribution in [0.1, 0.15) is 5.56 Å². The monoisotopic (exact) mass is 270 g/mol. The maximum absolute atomic E-state index is 11.9. The number of halogens is 5. The van der Waals surface area contributed by atoms with Gasteiger partial charge in [-0.2, -0.15) is 0 Å². The zero-order valence-corrected chi connectivity index (χ0v) is 9.40. The molecule has 88 valence electrons. The van der Waals surface area contributed by atoms with E-state index in [2.05, 4.69) is 4.74 Å². The molecule has 0 saturated carbocycles. The van der Waals surface area contributed by atoms with Crippen molar-refractivity contribution in [2.45, 2.75) is 6.36 Å². The number of alkyl halides is 4. The van der Waals surface area contributed by atoms with Crippen molar-refractivity contribution in [3.8, 4) is 5.75 Å². The zero-order chi connectivity index (χ0) is 12.2.